The van der Waals surface area contributed by atoms with E-state index in [1.54, 1.807) is 12.1 Å². The van der Waals surface area contributed by atoms with Gasteiger partial charge in [-0.2, -0.15) is 13.2 Å². The summed E-state index contributed by atoms with van der Waals surface area (Å²) in [7, 11) is 0. The summed E-state index contributed by atoms with van der Waals surface area (Å²) in [6.45, 7) is 0. The highest BCUT2D eigenvalue weighted by atomic mass is 19.4. The van der Waals surface area contributed by atoms with Crippen molar-refractivity contribution in [3.05, 3.63) is 65.4 Å². The van der Waals surface area contributed by atoms with Crippen molar-refractivity contribution < 1.29 is 23.1 Å². The summed E-state index contributed by atoms with van der Waals surface area (Å²) in [5, 5.41) is 11.8. The lowest BCUT2D eigenvalue weighted by molar-refractivity contribution is -0.0929. The van der Waals surface area contributed by atoms with Crippen molar-refractivity contribution in [1.29, 1.82) is 0 Å². The van der Waals surface area contributed by atoms with E-state index < -0.39 is 17.7 Å². The maximum absolute atomic E-state index is 12.8. The van der Waals surface area contributed by atoms with Crippen molar-refractivity contribution in [3.63, 3.8) is 0 Å². The van der Waals surface area contributed by atoms with Gasteiger partial charge in [0.05, 0.1) is 11.3 Å². The molecule has 0 unspecified atom stereocenters. The molecule has 0 amide bonds. The normalized spacial score (nSPS) is 15.0. The zero-order valence-corrected chi connectivity index (χ0v) is 10.8. The number of hydrogen-bond donors (Lipinski definition) is 2. The first-order valence-corrected chi connectivity index (χ1v) is 6.12. The molecule has 6 heteroatoms. The van der Waals surface area contributed by atoms with Gasteiger partial charge >= 0.3 is 12.1 Å². The number of hydrogen-bond acceptors (Lipinski definition) is 2. The van der Waals surface area contributed by atoms with Crippen LogP contribution in [-0.2, 0) is 0 Å². The van der Waals surface area contributed by atoms with Crippen molar-refractivity contribution in [1.82, 2.24) is 0 Å². The van der Waals surface area contributed by atoms with Crippen molar-refractivity contribution >= 4 is 11.7 Å². The van der Waals surface area contributed by atoms with Gasteiger partial charge in [0, 0.05) is 11.3 Å². The Bertz CT molecular complexity index is 643. The monoisotopic (exact) mass is 295 g/mol. The molecule has 21 heavy (non-hydrogen) atoms. The maximum Gasteiger partial charge on any atom is 0.413 e. The van der Waals surface area contributed by atoms with Crippen LogP contribution in [0.1, 0.15) is 16.8 Å². The summed E-state index contributed by atoms with van der Waals surface area (Å²) < 4.78 is 38.4. The molecule has 110 valence electrons. The number of alkyl halides is 3. The lowest BCUT2D eigenvalue weighted by Crippen LogP contribution is -2.12. The number of halogens is 3. The highest BCUT2D eigenvalue weighted by Crippen LogP contribution is 2.31. The van der Waals surface area contributed by atoms with E-state index in [2.05, 4.69) is 5.32 Å². The van der Waals surface area contributed by atoms with Gasteiger partial charge in [-0.15, -0.1) is 0 Å². The fourth-order valence-electron chi connectivity index (χ4n) is 1.87. The van der Waals surface area contributed by atoms with Crippen LogP contribution in [0.15, 0.2) is 59.8 Å². The zero-order chi connectivity index (χ0) is 15.5. The molecule has 0 saturated heterocycles. The number of aromatic carboxylic acids is 1. The molecular formula is C15H12F3NO2. The summed E-state index contributed by atoms with van der Waals surface area (Å²) in [5.41, 5.74) is -0.273. The number of anilines is 1. The van der Waals surface area contributed by atoms with Crippen LogP contribution in [0.4, 0.5) is 18.9 Å². The number of nitrogens with one attached hydrogen (secondary N) is 1. The van der Waals surface area contributed by atoms with Gasteiger partial charge in [-0.3, -0.25) is 0 Å². The molecule has 1 aliphatic rings. The molecule has 0 heterocycles. The fourth-order valence-corrected chi connectivity index (χ4v) is 1.87. The van der Waals surface area contributed by atoms with Crippen molar-refractivity contribution in [3.8, 4) is 0 Å². The summed E-state index contributed by atoms with van der Waals surface area (Å²) in [6.07, 6.45) is 0.724. The van der Waals surface area contributed by atoms with Gasteiger partial charge in [-0.1, -0.05) is 24.3 Å². The number of benzene rings is 1. The molecule has 1 aliphatic carbocycles. The average Bonchev–Trinajstić information content (AvgIpc) is 2.64. The van der Waals surface area contributed by atoms with Crippen LogP contribution in [0.3, 0.4) is 0 Å². The van der Waals surface area contributed by atoms with E-state index in [1.165, 1.54) is 30.4 Å². The first kappa shape index (κ1) is 14.9. The highest BCUT2D eigenvalue weighted by molar-refractivity contribution is 5.94. The molecule has 3 nitrogen and oxygen atoms in total. The molecule has 0 fully saturated rings. The lowest BCUT2D eigenvalue weighted by Gasteiger charge is -2.13. The molecule has 2 rings (SSSR count). The van der Waals surface area contributed by atoms with Crippen LogP contribution in [0.25, 0.3) is 0 Å². The molecule has 0 atom stereocenters. The molecular weight excluding hydrogens is 283 g/mol. The van der Waals surface area contributed by atoms with E-state index in [9.17, 15) is 18.0 Å². The van der Waals surface area contributed by atoms with Gasteiger partial charge in [0.1, 0.15) is 0 Å². The Balaban J connectivity index is 2.33. The Labute approximate surface area is 119 Å². The van der Waals surface area contributed by atoms with E-state index in [0.717, 1.165) is 6.08 Å². The second-order valence-corrected chi connectivity index (χ2v) is 4.40. The van der Waals surface area contributed by atoms with Gasteiger partial charge in [0.15, 0.2) is 0 Å². The van der Waals surface area contributed by atoms with Crippen LogP contribution in [0, 0.1) is 0 Å². The number of allylic oxidation sites excluding steroid dienone is 5. The predicted octanol–water partition coefficient (Wildman–Crippen LogP) is 4.13. The quantitative estimate of drug-likeness (QED) is 0.881. The Morgan fingerprint density at radius 1 is 1.24 bits per heavy atom. The number of para-hydroxylation sites is 1. The maximum atomic E-state index is 12.8. The van der Waals surface area contributed by atoms with Crippen LogP contribution in [0.5, 0.6) is 0 Å². The van der Waals surface area contributed by atoms with Crippen LogP contribution < -0.4 is 5.32 Å². The van der Waals surface area contributed by atoms with E-state index in [1.807, 2.05) is 0 Å². The Morgan fingerprint density at radius 3 is 2.62 bits per heavy atom. The average molecular weight is 295 g/mol. The second kappa shape index (κ2) is 5.87. The summed E-state index contributed by atoms with van der Waals surface area (Å²) in [5.74, 6) is -1.15. The second-order valence-electron chi connectivity index (χ2n) is 4.40. The molecule has 0 saturated carbocycles. The molecule has 0 bridgehead atoms. The Kier molecular flexibility index (Phi) is 4.16. The summed E-state index contributed by atoms with van der Waals surface area (Å²) >= 11 is 0. The largest absolute Gasteiger partial charge is 0.478 e. The Hall–Kier alpha value is -2.50. The predicted molar refractivity (Wildman–Crippen MR) is 73.0 cm³/mol. The number of carboxylic acids is 1. The zero-order valence-electron chi connectivity index (χ0n) is 10.8. The molecule has 1 aromatic rings. The number of carboxylic acid groups (broad SMARTS) is 1. The minimum Gasteiger partial charge on any atom is -0.478 e. The molecule has 0 spiro atoms. The molecule has 0 radical (unpaired) electrons. The smallest absolute Gasteiger partial charge is 0.413 e. The minimum atomic E-state index is -4.41. The van der Waals surface area contributed by atoms with E-state index in [4.69, 9.17) is 5.11 Å². The third kappa shape index (κ3) is 3.75. The third-order valence-electron chi connectivity index (χ3n) is 2.88. The van der Waals surface area contributed by atoms with E-state index in [-0.39, 0.29) is 23.4 Å². The molecule has 0 aliphatic heterocycles. The van der Waals surface area contributed by atoms with Gasteiger partial charge in [-0.05, 0) is 30.7 Å². The lowest BCUT2D eigenvalue weighted by atomic mass is 10.1. The van der Waals surface area contributed by atoms with Crippen molar-refractivity contribution in [2.45, 2.75) is 12.6 Å². The molecule has 0 aromatic heterocycles. The van der Waals surface area contributed by atoms with Crippen LogP contribution in [-0.4, -0.2) is 17.3 Å². The number of carbonyl (C=O) groups is 1. The Morgan fingerprint density at radius 2 is 1.95 bits per heavy atom. The fraction of sp³-hybridized carbons (Fsp3) is 0.133. The van der Waals surface area contributed by atoms with E-state index in [0.29, 0.717) is 0 Å². The number of rotatable bonds is 3. The van der Waals surface area contributed by atoms with Crippen molar-refractivity contribution in [2.24, 2.45) is 0 Å². The first-order valence-electron chi connectivity index (χ1n) is 6.12. The summed E-state index contributed by atoms with van der Waals surface area (Å²) in [6, 6.07) is 6.04. The van der Waals surface area contributed by atoms with Crippen LogP contribution in [0.2, 0.25) is 0 Å². The molecule has 2 N–H and O–H groups in total. The standard InChI is InChI=1S/C15H12F3NO2/c16-15(17,18)10-5-1-2-6-11(9-10)19-13-8-4-3-7-12(13)14(20)21/h1-4,6-9,19H,5H2,(H,20,21). The van der Waals surface area contributed by atoms with Gasteiger partial charge in [0.2, 0.25) is 0 Å². The van der Waals surface area contributed by atoms with Gasteiger partial charge < -0.3 is 10.4 Å². The topological polar surface area (TPSA) is 49.3 Å². The minimum absolute atomic E-state index is 0.00594. The van der Waals surface area contributed by atoms with Crippen molar-refractivity contribution in [2.75, 3.05) is 5.32 Å². The van der Waals surface area contributed by atoms with Gasteiger partial charge in [0.25, 0.3) is 0 Å². The third-order valence-corrected chi connectivity index (χ3v) is 2.88. The van der Waals surface area contributed by atoms with Crippen LogP contribution >= 0.6 is 0 Å². The molecule has 1 aromatic carbocycles. The first-order chi connectivity index (χ1) is 9.88. The highest BCUT2D eigenvalue weighted by Gasteiger charge is 2.33. The van der Waals surface area contributed by atoms with Gasteiger partial charge in [-0.25, -0.2) is 4.79 Å². The van der Waals surface area contributed by atoms with E-state index >= 15 is 0 Å². The SMILES string of the molecule is O=C(O)c1ccccc1NC1=CC=CCC(C(F)(F)F)=C1. The summed E-state index contributed by atoms with van der Waals surface area (Å²) in [4.78, 5) is 11.1.